The van der Waals surface area contributed by atoms with Crippen LogP contribution in [0.15, 0.2) is 0 Å². The summed E-state index contributed by atoms with van der Waals surface area (Å²) < 4.78 is 0. The van der Waals surface area contributed by atoms with Gasteiger partial charge in [-0.15, -0.1) is 0 Å². The van der Waals surface area contributed by atoms with Crippen LogP contribution in [0.5, 0.6) is 0 Å². The second kappa shape index (κ2) is 2.26. The molecular formula is C7H14BO+. The van der Waals surface area contributed by atoms with Gasteiger partial charge in [-0.25, -0.2) is 0 Å². The molecule has 0 rings (SSSR count). The molecule has 0 bridgehead atoms. The van der Waals surface area contributed by atoms with Crippen LogP contribution in [0.4, 0.5) is 0 Å². The molecule has 2 radical (unpaired) electrons. The first-order chi connectivity index (χ1) is 3.81. The van der Waals surface area contributed by atoms with E-state index >= 15 is 0 Å². The number of hydrogen-bond acceptors (Lipinski definition) is 1. The number of rotatable bonds is 2. The fourth-order valence-corrected chi connectivity index (χ4v) is 0.204. The monoisotopic (exact) mass is 125 g/mol. The minimum atomic E-state index is -0.734. The smallest absolute Gasteiger partial charge is 0.386 e. The molecule has 9 heavy (non-hydrogen) atoms. The Morgan fingerprint density at radius 2 is 1.56 bits per heavy atom. The van der Waals surface area contributed by atoms with Crippen molar-refractivity contribution >= 4 is 7.85 Å². The van der Waals surface area contributed by atoms with Crippen LogP contribution in [-0.4, -0.2) is 18.6 Å². The van der Waals surface area contributed by atoms with Crippen molar-refractivity contribution in [3.63, 3.8) is 0 Å². The molecule has 0 saturated heterocycles. The number of hydrogen-bond donors (Lipinski definition) is 1. The van der Waals surface area contributed by atoms with Gasteiger partial charge in [0.1, 0.15) is 11.0 Å². The predicted octanol–water partition coefficient (Wildman–Crippen LogP) is 1.11. The van der Waals surface area contributed by atoms with Gasteiger partial charge < -0.3 is 5.11 Å². The molecule has 0 aromatic heterocycles. The van der Waals surface area contributed by atoms with Crippen molar-refractivity contribution in [3.8, 4) is 0 Å². The molecule has 0 heterocycles. The van der Waals surface area contributed by atoms with E-state index < -0.39 is 5.60 Å². The molecule has 0 aromatic carbocycles. The third-order valence-electron chi connectivity index (χ3n) is 1.99. The lowest BCUT2D eigenvalue weighted by Crippen LogP contribution is -2.39. The average Bonchev–Trinajstić information content (AvgIpc) is 1.64. The molecule has 1 N–H and O–H groups in total. The molecule has 0 aliphatic carbocycles. The van der Waals surface area contributed by atoms with Gasteiger partial charge in [0.2, 0.25) is 0 Å². The van der Waals surface area contributed by atoms with Crippen molar-refractivity contribution in [2.75, 3.05) is 0 Å². The minimum Gasteiger partial charge on any atom is -0.386 e. The SMILES string of the molecule is [B][CH+]C(C)(C)C(C)(C)O. The summed E-state index contributed by atoms with van der Waals surface area (Å²) in [5.41, 5.74) is -1.05. The first-order valence-electron chi connectivity index (χ1n) is 3.10. The zero-order chi connectivity index (χ0) is 7.71. The maximum atomic E-state index is 9.43. The largest absolute Gasteiger partial charge is 0.423 e. The summed E-state index contributed by atoms with van der Waals surface area (Å²) in [7, 11) is 5.31. The molecule has 0 aliphatic rings. The fraction of sp³-hybridized carbons (Fsp3) is 0.857. The first-order valence-corrected chi connectivity index (χ1v) is 3.10. The Morgan fingerprint density at radius 1 is 1.22 bits per heavy atom. The van der Waals surface area contributed by atoms with Crippen molar-refractivity contribution in [3.05, 3.63) is 6.32 Å². The molecule has 0 amide bonds. The lowest BCUT2D eigenvalue weighted by molar-refractivity contribution is -0.0118. The molecule has 2 heteroatoms. The highest BCUT2D eigenvalue weighted by atomic mass is 16.3. The van der Waals surface area contributed by atoms with E-state index in [9.17, 15) is 5.11 Å². The summed E-state index contributed by atoms with van der Waals surface area (Å²) in [6.07, 6.45) is 1.52. The second-order valence-electron chi connectivity index (χ2n) is 3.45. The Bertz CT molecular complexity index is 91.6. The second-order valence-corrected chi connectivity index (χ2v) is 3.45. The predicted molar refractivity (Wildman–Crippen MR) is 40.1 cm³/mol. The lowest BCUT2D eigenvalue weighted by Gasteiger charge is -2.29. The summed E-state index contributed by atoms with van der Waals surface area (Å²) in [6.45, 7) is 7.28. The Labute approximate surface area is 58.9 Å². The van der Waals surface area contributed by atoms with Gasteiger partial charge in [-0.3, -0.25) is 0 Å². The lowest BCUT2D eigenvalue weighted by atomic mass is 9.69. The fourth-order valence-electron chi connectivity index (χ4n) is 0.204. The van der Waals surface area contributed by atoms with E-state index in [1.54, 1.807) is 13.8 Å². The van der Waals surface area contributed by atoms with Crippen LogP contribution >= 0.6 is 0 Å². The molecule has 0 aromatic rings. The van der Waals surface area contributed by atoms with Crippen LogP contribution in [0.25, 0.3) is 0 Å². The maximum absolute atomic E-state index is 9.43. The molecule has 0 atom stereocenters. The Kier molecular flexibility index (Phi) is 2.23. The van der Waals surface area contributed by atoms with E-state index in [0.29, 0.717) is 0 Å². The summed E-state index contributed by atoms with van der Waals surface area (Å²) in [6, 6.07) is 0. The van der Waals surface area contributed by atoms with Crippen LogP contribution in [0.3, 0.4) is 0 Å². The van der Waals surface area contributed by atoms with Crippen molar-refractivity contribution in [1.82, 2.24) is 0 Å². The van der Waals surface area contributed by atoms with Crippen molar-refractivity contribution in [1.29, 1.82) is 0 Å². The molecular weight excluding hydrogens is 111 g/mol. The van der Waals surface area contributed by atoms with Crippen LogP contribution in [0.1, 0.15) is 27.7 Å². The topological polar surface area (TPSA) is 20.2 Å². The zero-order valence-corrected chi connectivity index (χ0v) is 6.60. The standard InChI is InChI=1S/C7H14BO/c1-6(2,5-8)7(3,4)9/h5,9H,1-4H3/q+1. The highest BCUT2D eigenvalue weighted by molar-refractivity contribution is 6.15. The van der Waals surface area contributed by atoms with E-state index in [1.807, 2.05) is 13.8 Å². The highest BCUT2D eigenvalue weighted by Crippen LogP contribution is 2.31. The normalized spacial score (nSPS) is 13.4. The Balaban J connectivity index is 4.14. The van der Waals surface area contributed by atoms with Gasteiger partial charge in [-0.1, -0.05) is 0 Å². The van der Waals surface area contributed by atoms with Gasteiger partial charge in [0.25, 0.3) is 0 Å². The van der Waals surface area contributed by atoms with Gasteiger partial charge in [0.05, 0.1) is 0 Å². The Morgan fingerprint density at radius 3 is 1.56 bits per heavy atom. The Hall–Kier alpha value is -0.105. The summed E-state index contributed by atoms with van der Waals surface area (Å²) in [5.74, 6) is 0. The van der Waals surface area contributed by atoms with Gasteiger partial charge in [-0.2, -0.15) is 0 Å². The van der Waals surface area contributed by atoms with Crippen molar-refractivity contribution in [2.45, 2.75) is 33.3 Å². The molecule has 0 spiro atoms. The third kappa shape index (κ3) is 1.94. The molecule has 1 nitrogen and oxygen atoms in total. The van der Waals surface area contributed by atoms with Gasteiger partial charge in [-0.05, 0) is 27.7 Å². The molecule has 0 aliphatic heterocycles. The van der Waals surface area contributed by atoms with E-state index in [4.69, 9.17) is 7.85 Å². The van der Waals surface area contributed by atoms with Crippen LogP contribution in [0.2, 0.25) is 0 Å². The number of aliphatic hydroxyl groups is 1. The maximum Gasteiger partial charge on any atom is 0.423 e. The van der Waals surface area contributed by atoms with Crippen LogP contribution < -0.4 is 0 Å². The van der Waals surface area contributed by atoms with Gasteiger partial charge in [0.15, 0.2) is 0 Å². The summed E-state index contributed by atoms with van der Waals surface area (Å²) in [5, 5.41) is 9.43. The molecule has 0 saturated carbocycles. The van der Waals surface area contributed by atoms with Crippen LogP contribution in [-0.2, 0) is 0 Å². The minimum absolute atomic E-state index is 0.312. The van der Waals surface area contributed by atoms with Crippen LogP contribution in [0, 0.1) is 11.7 Å². The van der Waals surface area contributed by atoms with Gasteiger partial charge >= 0.3 is 7.85 Å². The molecule has 0 unspecified atom stereocenters. The molecule has 50 valence electrons. The molecule has 0 fully saturated rings. The van der Waals surface area contributed by atoms with E-state index in [1.165, 1.54) is 6.32 Å². The third-order valence-corrected chi connectivity index (χ3v) is 1.99. The average molecular weight is 125 g/mol. The summed E-state index contributed by atoms with van der Waals surface area (Å²) >= 11 is 0. The summed E-state index contributed by atoms with van der Waals surface area (Å²) in [4.78, 5) is 0. The zero-order valence-electron chi connectivity index (χ0n) is 6.60. The van der Waals surface area contributed by atoms with Crippen molar-refractivity contribution < 1.29 is 5.11 Å². The van der Waals surface area contributed by atoms with E-state index in [0.717, 1.165) is 0 Å². The highest BCUT2D eigenvalue weighted by Gasteiger charge is 2.39. The first kappa shape index (κ1) is 8.89. The van der Waals surface area contributed by atoms with E-state index in [-0.39, 0.29) is 5.41 Å². The quantitative estimate of drug-likeness (QED) is 0.433. The van der Waals surface area contributed by atoms with Gasteiger partial charge in [0, 0.05) is 6.32 Å². The van der Waals surface area contributed by atoms with E-state index in [2.05, 4.69) is 0 Å². The van der Waals surface area contributed by atoms with Crippen molar-refractivity contribution in [2.24, 2.45) is 5.41 Å².